The zero-order valence-electron chi connectivity index (χ0n) is 16.2. The smallest absolute Gasteiger partial charge is 0.343 e. The standard InChI is InChI=1S/C26H18F3N/c1-30-22-15-7-11-17-10-6-14-21(23(17)22)24(25(30)18-8-3-2-4-9-18)19-12-5-13-20(16-19)26(27,28)29/h2-16H,1H3. The first-order valence-corrected chi connectivity index (χ1v) is 9.68. The molecular formula is C26H18F3N. The van der Waals surface area contributed by atoms with Crippen LogP contribution in [0.2, 0.25) is 0 Å². The molecule has 0 atom stereocenters. The van der Waals surface area contributed by atoms with Crippen molar-refractivity contribution in [2.45, 2.75) is 6.18 Å². The van der Waals surface area contributed by atoms with Gasteiger partial charge < -0.3 is 4.90 Å². The molecule has 1 aliphatic rings. The van der Waals surface area contributed by atoms with E-state index < -0.39 is 11.7 Å². The van der Waals surface area contributed by atoms with Crippen LogP contribution in [0.1, 0.15) is 22.3 Å². The Bertz CT molecular complexity index is 1280. The molecule has 1 aliphatic heterocycles. The quantitative estimate of drug-likeness (QED) is 0.343. The summed E-state index contributed by atoms with van der Waals surface area (Å²) in [5.41, 5.74) is 4.54. The van der Waals surface area contributed by atoms with Gasteiger partial charge in [0.05, 0.1) is 11.3 Å². The molecule has 0 saturated carbocycles. The lowest BCUT2D eigenvalue weighted by Gasteiger charge is -2.33. The molecule has 0 N–H and O–H groups in total. The maximum absolute atomic E-state index is 13.5. The highest BCUT2D eigenvalue weighted by Crippen LogP contribution is 2.47. The summed E-state index contributed by atoms with van der Waals surface area (Å²) in [4.78, 5) is 2.08. The fraction of sp³-hybridized carbons (Fsp3) is 0.0769. The minimum absolute atomic E-state index is 0.553. The van der Waals surface area contributed by atoms with Crippen LogP contribution in [0, 0.1) is 0 Å². The monoisotopic (exact) mass is 401 g/mol. The van der Waals surface area contributed by atoms with E-state index in [4.69, 9.17) is 0 Å². The molecular weight excluding hydrogens is 383 g/mol. The van der Waals surface area contributed by atoms with Crippen molar-refractivity contribution in [3.05, 3.63) is 113 Å². The summed E-state index contributed by atoms with van der Waals surface area (Å²) in [5, 5.41) is 2.11. The normalized spacial score (nSPS) is 13.8. The van der Waals surface area contributed by atoms with Crippen LogP contribution in [0.5, 0.6) is 0 Å². The maximum atomic E-state index is 13.5. The first kappa shape index (κ1) is 18.5. The summed E-state index contributed by atoms with van der Waals surface area (Å²) in [6.45, 7) is 0. The molecule has 1 nitrogen and oxygen atoms in total. The van der Waals surface area contributed by atoms with Gasteiger partial charge in [-0.05, 0) is 40.3 Å². The first-order chi connectivity index (χ1) is 14.4. The van der Waals surface area contributed by atoms with Gasteiger partial charge >= 0.3 is 6.18 Å². The van der Waals surface area contributed by atoms with Gasteiger partial charge in [-0.2, -0.15) is 13.2 Å². The summed E-state index contributed by atoms with van der Waals surface area (Å²) >= 11 is 0. The Hall–Kier alpha value is -3.53. The van der Waals surface area contributed by atoms with Crippen LogP contribution in [-0.2, 0) is 6.18 Å². The first-order valence-electron chi connectivity index (χ1n) is 9.68. The zero-order valence-corrected chi connectivity index (χ0v) is 16.2. The van der Waals surface area contributed by atoms with Crippen LogP contribution in [0.3, 0.4) is 0 Å². The Balaban J connectivity index is 1.89. The van der Waals surface area contributed by atoms with E-state index in [-0.39, 0.29) is 0 Å². The van der Waals surface area contributed by atoms with Crippen molar-refractivity contribution in [1.29, 1.82) is 0 Å². The fourth-order valence-electron chi connectivity index (χ4n) is 4.30. The van der Waals surface area contributed by atoms with E-state index in [1.165, 1.54) is 12.1 Å². The Morgan fingerprint density at radius 3 is 2.10 bits per heavy atom. The zero-order chi connectivity index (χ0) is 20.9. The highest BCUT2D eigenvalue weighted by atomic mass is 19.4. The molecule has 148 valence electrons. The predicted molar refractivity (Wildman–Crippen MR) is 116 cm³/mol. The van der Waals surface area contributed by atoms with Crippen molar-refractivity contribution in [2.24, 2.45) is 0 Å². The van der Waals surface area contributed by atoms with Crippen molar-refractivity contribution in [2.75, 3.05) is 11.9 Å². The Kier molecular flexibility index (Phi) is 4.17. The highest BCUT2D eigenvalue weighted by Gasteiger charge is 2.32. The largest absolute Gasteiger partial charge is 0.416 e. The summed E-state index contributed by atoms with van der Waals surface area (Å²) in [7, 11) is 1.97. The van der Waals surface area contributed by atoms with Gasteiger partial charge in [0.25, 0.3) is 0 Å². The van der Waals surface area contributed by atoms with Crippen LogP contribution >= 0.6 is 0 Å². The lowest BCUT2D eigenvalue weighted by atomic mass is 9.85. The van der Waals surface area contributed by atoms with Crippen molar-refractivity contribution < 1.29 is 13.2 Å². The molecule has 0 aromatic heterocycles. The number of hydrogen-bond acceptors (Lipinski definition) is 1. The second-order valence-electron chi connectivity index (χ2n) is 7.41. The number of alkyl halides is 3. The molecule has 0 saturated heterocycles. The number of halogens is 3. The second-order valence-corrected chi connectivity index (χ2v) is 7.41. The van der Waals surface area contributed by atoms with E-state index in [9.17, 15) is 13.2 Å². The molecule has 0 spiro atoms. The summed E-state index contributed by atoms with van der Waals surface area (Å²) < 4.78 is 40.4. The van der Waals surface area contributed by atoms with Gasteiger partial charge in [0.2, 0.25) is 0 Å². The van der Waals surface area contributed by atoms with Gasteiger partial charge in [0.1, 0.15) is 0 Å². The molecule has 0 bridgehead atoms. The van der Waals surface area contributed by atoms with Crippen LogP contribution in [0.25, 0.3) is 22.0 Å². The SMILES string of the molecule is CN1C(c2ccccc2)=C(c2cccc(C(F)(F)F)c2)c2cccc3cccc1c23. The number of nitrogens with zero attached hydrogens (tertiary/aromatic N) is 1. The van der Waals surface area contributed by atoms with Gasteiger partial charge in [-0.15, -0.1) is 0 Å². The molecule has 0 fully saturated rings. The Labute approximate surface area is 172 Å². The average Bonchev–Trinajstić information content (AvgIpc) is 2.76. The molecule has 5 rings (SSSR count). The molecule has 4 aromatic carbocycles. The topological polar surface area (TPSA) is 3.24 Å². The van der Waals surface area contributed by atoms with Crippen molar-refractivity contribution in [1.82, 2.24) is 0 Å². The van der Waals surface area contributed by atoms with E-state index in [1.54, 1.807) is 6.07 Å². The van der Waals surface area contributed by atoms with E-state index in [0.717, 1.165) is 44.9 Å². The molecule has 1 heterocycles. The summed E-state index contributed by atoms with van der Waals surface area (Å²) in [6.07, 6.45) is -4.39. The van der Waals surface area contributed by atoms with Gasteiger partial charge in [-0.3, -0.25) is 0 Å². The predicted octanol–water partition coefficient (Wildman–Crippen LogP) is 7.23. The van der Waals surface area contributed by atoms with Gasteiger partial charge in [0.15, 0.2) is 0 Å². The van der Waals surface area contributed by atoms with Crippen LogP contribution < -0.4 is 4.90 Å². The third-order valence-corrected chi connectivity index (χ3v) is 5.61. The minimum Gasteiger partial charge on any atom is -0.343 e. The molecule has 4 aromatic rings. The molecule has 4 heteroatoms. The van der Waals surface area contributed by atoms with E-state index >= 15 is 0 Å². The fourth-order valence-corrected chi connectivity index (χ4v) is 4.30. The Morgan fingerprint density at radius 2 is 1.37 bits per heavy atom. The number of benzene rings is 4. The van der Waals surface area contributed by atoms with Crippen LogP contribution in [-0.4, -0.2) is 7.05 Å². The average molecular weight is 401 g/mol. The van der Waals surface area contributed by atoms with E-state index in [2.05, 4.69) is 11.0 Å². The number of rotatable bonds is 2. The van der Waals surface area contributed by atoms with Crippen molar-refractivity contribution in [3.63, 3.8) is 0 Å². The third kappa shape index (κ3) is 2.88. The van der Waals surface area contributed by atoms with E-state index in [0.29, 0.717) is 5.56 Å². The van der Waals surface area contributed by atoms with Crippen LogP contribution in [0.15, 0.2) is 91.0 Å². The van der Waals surface area contributed by atoms with Crippen molar-refractivity contribution >= 4 is 27.7 Å². The number of anilines is 1. The summed E-state index contributed by atoms with van der Waals surface area (Å²) in [5.74, 6) is 0. The molecule has 30 heavy (non-hydrogen) atoms. The van der Waals surface area contributed by atoms with Crippen LogP contribution in [0.4, 0.5) is 18.9 Å². The minimum atomic E-state index is -4.39. The lowest BCUT2D eigenvalue weighted by molar-refractivity contribution is -0.137. The summed E-state index contributed by atoms with van der Waals surface area (Å²) in [6, 6.07) is 27.5. The van der Waals surface area contributed by atoms with Gasteiger partial charge in [0, 0.05) is 23.7 Å². The van der Waals surface area contributed by atoms with Gasteiger partial charge in [-0.1, -0.05) is 72.8 Å². The molecule has 0 aliphatic carbocycles. The number of hydrogen-bond donors (Lipinski definition) is 0. The van der Waals surface area contributed by atoms with E-state index in [1.807, 2.05) is 67.7 Å². The second kappa shape index (κ2) is 6.77. The Morgan fingerprint density at radius 1 is 0.700 bits per heavy atom. The molecule has 0 unspecified atom stereocenters. The van der Waals surface area contributed by atoms with Crippen molar-refractivity contribution in [3.8, 4) is 0 Å². The van der Waals surface area contributed by atoms with Gasteiger partial charge in [-0.25, -0.2) is 0 Å². The molecule has 0 amide bonds. The highest BCUT2D eigenvalue weighted by molar-refractivity contribution is 6.17. The lowest BCUT2D eigenvalue weighted by Crippen LogP contribution is -2.21. The molecule has 0 radical (unpaired) electrons. The maximum Gasteiger partial charge on any atom is 0.416 e. The third-order valence-electron chi connectivity index (χ3n) is 5.61.